The lowest BCUT2D eigenvalue weighted by Gasteiger charge is -2.03. The van der Waals surface area contributed by atoms with Crippen LogP contribution in [0.5, 0.6) is 0 Å². The molecule has 0 saturated carbocycles. The van der Waals surface area contributed by atoms with E-state index in [1.165, 1.54) is 6.92 Å². The number of aliphatic imine (C=N–C) groups is 1. The Morgan fingerprint density at radius 3 is 2.42 bits per heavy atom. The smallest absolute Gasteiger partial charge is 0.155 e. The summed E-state index contributed by atoms with van der Waals surface area (Å²) in [5, 5.41) is 0. The minimum Gasteiger partial charge on any atom is -0.352 e. The molecule has 0 unspecified atom stereocenters. The SMILES string of the molecule is CC(=O)COC/N=C(\C)C(C)C. The maximum atomic E-state index is 10.4. The molecule has 0 radical (unpaired) electrons. The number of carbonyl (C=O) groups excluding carboxylic acids is 1. The second-order valence-electron chi connectivity index (χ2n) is 3.13. The van der Waals surface area contributed by atoms with E-state index in [0.29, 0.717) is 12.6 Å². The summed E-state index contributed by atoms with van der Waals surface area (Å²) >= 11 is 0. The first-order chi connectivity index (χ1) is 5.54. The third kappa shape index (κ3) is 6.04. The molecule has 0 aromatic carbocycles. The van der Waals surface area contributed by atoms with E-state index < -0.39 is 0 Å². The highest BCUT2D eigenvalue weighted by molar-refractivity contribution is 5.83. The number of ether oxygens (including phenoxy) is 1. The molecule has 3 heteroatoms. The van der Waals surface area contributed by atoms with E-state index in [1.807, 2.05) is 6.92 Å². The second-order valence-corrected chi connectivity index (χ2v) is 3.13. The van der Waals surface area contributed by atoms with Gasteiger partial charge in [0.1, 0.15) is 13.3 Å². The molecule has 70 valence electrons. The van der Waals surface area contributed by atoms with Crippen LogP contribution in [0.3, 0.4) is 0 Å². The highest BCUT2D eigenvalue weighted by Crippen LogP contribution is 1.95. The Bertz CT molecular complexity index is 173. The molecule has 0 fully saturated rings. The van der Waals surface area contributed by atoms with Crippen LogP contribution < -0.4 is 0 Å². The van der Waals surface area contributed by atoms with Crippen molar-refractivity contribution in [1.82, 2.24) is 0 Å². The van der Waals surface area contributed by atoms with Crippen LogP contribution in [-0.4, -0.2) is 24.8 Å². The summed E-state index contributed by atoms with van der Waals surface area (Å²) < 4.78 is 4.98. The van der Waals surface area contributed by atoms with Gasteiger partial charge in [0.25, 0.3) is 0 Å². The van der Waals surface area contributed by atoms with Gasteiger partial charge >= 0.3 is 0 Å². The Kier molecular flexibility index (Phi) is 5.54. The molecule has 3 nitrogen and oxygen atoms in total. The zero-order valence-corrected chi connectivity index (χ0v) is 8.26. The number of hydrogen-bond donors (Lipinski definition) is 0. The fraction of sp³-hybridized carbons (Fsp3) is 0.778. The third-order valence-corrected chi connectivity index (χ3v) is 1.55. The molecule has 0 N–H and O–H groups in total. The molecule has 0 bridgehead atoms. The quantitative estimate of drug-likeness (QED) is 0.466. The first-order valence-electron chi connectivity index (χ1n) is 4.12. The van der Waals surface area contributed by atoms with Crippen LogP contribution in [0.1, 0.15) is 27.7 Å². The van der Waals surface area contributed by atoms with E-state index in [-0.39, 0.29) is 12.4 Å². The molecular weight excluding hydrogens is 154 g/mol. The van der Waals surface area contributed by atoms with Crippen molar-refractivity contribution in [3.63, 3.8) is 0 Å². The molecule has 0 heterocycles. The Hall–Kier alpha value is -0.700. The van der Waals surface area contributed by atoms with Crippen molar-refractivity contribution < 1.29 is 9.53 Å². The van der Waals surface area contributed by atoms with Gasteiger partial charge in [-0.3, -0.25) is 9.79 Å². The van der Waals surface area contributed by atoms with Gasteiger partial charge in [-0.15, -0.1) is 0 Å². The molecule has 0 saturated heterocycles. The van der Waals surface area contributed by atoms with Gasteiger partial charge in [0.05, 0.1) is 0 Å². The molecule has 0 atom stereocenters. The lowest BCUT2D eigenvalue weighted by molar-refractivity contribution is -0.121. The summed E-state index contributed by atoms with van der Waals surface area (Å²) in [6.07, 6.45) is 0. The van der Waals surface area contributed by atoms with E-state index in [0.717, 1.165) is 5.71 Å². The van der Waals surface area contributed by atoms with Crippen LogP contribution in [0.15, 0.2) is 4.99 Å². The summed E-state index contributed by atoms with van der Waals surface area (Å²) in [7, 11) is 0. The molecule has 0 aliphatic rings. The first kappa shape index (κ1) is 11.3. The van der Waals surface area contributed by atoms with Crippen molar-refractivity contribution in [2.24, 2.45) is 10.9 Å². The number of nitrogens with zero attached hydrogens (tertiary/aromatic N) is 1. The van der Waals surface area contributed by atoms with Crippen molar-refractivity contribution in [2.75, 3.05) is 13.3 Å². The zero-order chi connectivity index (χ0) is 9.56. The lowest BCUT2D eigenvalue weighted by atomic mass is 10.1. The van der Waals surface area contributed by atoms with Crippen molar-refractivity contribution in [3.05, 3.63) is 0 Å². The van der Waals surface area contributed by atoms with Gasteiger partial charge in [-0.25, -0.2) is 0 Å². The zero-order valence-electron chi connectivity index (χ0n) is 8.26. The van der Waals surface area contributed by atoms with E-state index >= 15 is 0 Å². The Morgan fingerprint density at radius 1 is 1.42 bits per heavy atom. The molecule has 0 rings (SSSR count). The van der Waals surface area contributed by atoms with E-state index in [4.69, 9.17) is 4.74 Å². The number of rotatable bonds is 5. The average molecular weight is 171 g/mol. The Balaban J connectivity index is 3.53. The van der Waals surface area contributed by atoms with Crippen LogP contribution >= 0.6 is 0 Å². The largest absolute Gasteiger partial charge is 0.352 e. The fourth-order valence-corrected chi connectivity index (χ4v) is 0.519. The maximum Gasteiger partial charge on any atom is 0.155 e. The standard InChI is InChI=1S/C9H17NO2/c1-7(2)9(4)10-6-12-5-8(3)11/h7H,5-6H2,1-4H3/b10-9+. The van der Waals surface area contributed by atoms with Crippen LogP contribution in [0.2, 0.25) is 0 Å². The number of hydrogen-bond acceptors (Lipinski definition) is 3. The fourth-order valence-electron chi connectivity index (χ4n) is 0.519. The maximum absolute atomic E-state index is 10.4. The molecule has 0 aliphatic heterocycles. The highest BCUT2D eigenvalue weighted by atomic mass is 16.5. The molecular formula is C9H17NO2. The highest BCUT2D eigenvalue weighted by Gasteiger charge is 1.96. The van der Waals surface area contributed by atoms with Gasteiger partial charge in [-0.1, -0.05) is 13.8 Å². The summed E-state index contributed by atoms with van der Waals surface area (Å²) in [5.41, 5.74) is 1.05. The number of ketones is 1. The minimum absolute atomic E-state index is 0.0346. The first-order valence-corrected chi connectivity index (χ1v) is 4.12. The predicted octanol–water partition coefficient (Wildman–Crippen LogP) is 1.67. The van der Waals surface area contributed by atoms with Crippen molar-refractivity contribution >= 4 is 11.5 Å². The van der Waals surface area contributed by atoms with E-state index in [9.17, 15) is 4.79 Å². The number of carbonyl (C=O) groups is 1. The number of Topliss-reactive ketones (excluding diaryl/α,β-unsaturated/α-hetero) is 1. The van der Waals surface area contributed by atoms with Gasteiger partial charge in [-0.2, -0.15) is 0 Å². The molecule has 0 amide bonds. The van der Waals surface area contributed by atoms with Crippen LogP contribution in [0.4, 0.5) is 0 Å². The molecule has 0 spiro atoms. The molecule has 12 heavy (non-hydrogen) atoms. The predicted molar refractivity (Wildman–Crippen MR) is 49.4 cm³/mol. The summed E-state index contributed by atoms with van der Waals surface area (Å²) in [4.78, 5) is 14.6. The molecule has 0 aromatic heterocycles. The summed E-state index contributed by atoms with van der Waals surface area (Å²) in [6.45, 7) is 8.06. The van der Waals surface area contributed by atoms with Crippen LogP contribution in [0.25, 0.3) is 0 Å². The van der Waals surface area contributed by atoms with Gasteiger partial charge in [-0.05, 0) is 19.8 Å². The molecule has 0 aromatic rings. The Labute approximate surface area is 73.8 Å². The normalized spacial score (nSPS) is 12.2. The second kappa shape index (κ2) is 5.89. The van der Waals surface area contributed by atoms with Gasteiger partial charge in [0, 0.05) is 5.71 Å². The average Bonchev–Trinajstić information content (AvgIpc) is 1.97. The van der Waals surface area contributed by atoms with E-state index in [1.54, 1.807) is 0 Å². The van der Waals surface area contributed by atoms with Gasteiger partial charge < -0.3 is 4.74 Å². The topological polar surface area (TPSA) is 38.7 Å². The Morgan fingerprint density at radius 2 is 2.00 bits per heavy atom. The summed E-state index contributed by atoms with van der Waals surface area (Å²) in [5.74, 6) is 0.485. The van der Waals surface area contributed by atoms with Crippen LogP contribution in [0, 0.1) is 5.92 Å². The van der Waals surface area contributed by atoms with E-state index in [2.05, 4.69) is 18.8 Å². The molecule has 0 aliphatic carbocycles. The summed E-state index contributed by atoms with van der Waals surface area (Å²) in [6, 6.07) is 0. The van der Waals surface area contributed by atoms with Crippen molar-refractivity contribution in [2.45, 2.75) is 27.7 Å². The monoisotopic (exact) mass is 171 g/mol. The van der Waals surface area contributed by atoms with Crippen molar-refractivity contribution in [3.8, 4) is 0 Å². The lowest BCUT2D eigenvalue weighted by Crippen LogP contribution is -2.07. The minimum atomic E-state index is 0.0346. The van der Waals surface area contributed by atoms with Crippen LogP contribution in [-0.2, 0) is 9.53 Å². The van der Waals surface area contributed by atoms with Crippen molar-refractivity contribution in [1.29, 1.82) is 0 Å². The van der Waals surface area contributed by atoms with Gasteiger partial charge in [0.15, 0.2) is 5.78 Å². The van der Waals surface area contributed by atoms with Gasteiger partial charge in [0.2, 0.25) is 0 Å². The third-order valence-electron chi connectivity index (χ3n) is 1.55.